The van der Waals surface area contributed by atoms with Gasteiger partial charge in [-0.3, -0.25) is 0 Å². The highest BCUT2D eigenvalue weighted by Crippen LogP contribution is 2.34. The van der Waals surface area contributed by atoms with Crippen LogP contribution in [0.1, 0.15) is 0 Å². The van der Waals surface area contributed by atoms with E-state index in [-0.39, 0.29) is 5.56 Å². The molecule has 0 atom stereocenters. The van der Waals surface area contributed by atoms with Crippen molar-refractivity contribution in [3.8, 4) is 11.1 Å². The zero-order valence-corrected chi connectivity index (χ0v) is 12.6. The van der Waals surface area contributed by atoms with E-state index in [1.165, 1.54) is 12.1 Å². The molecule has 0 aromatic heterocycles. The lowest BCUT2D eigenvalue weighted by Gasteiger charge is -2.10. The van der Waals surface area contributed by atoms with Crippen LogP contribution in [0.3, 0.4) is 0 Å². The molecule has 4 rings (SSSR count). The van der Waals surface area contributed by atoms with Crippen molar-refractivity contribution in [3.63, 3.8) is 0 Å². The molecule has 0 nitrogen and oxygen atoms in total. The Morgan fingerprint density at radius 2 is 0.920 bits per heavy atom. The molecule has 4 aromatic rings. The minimum Gasteiger partial charge on any atom is -0.203 e. The maximum Gasteiger partial charge on any atom is 0.200 e. The molecule has 0 radical (unpaired) electrons. The lowest BCUT2D eigenvalue weighted by atomic mass is 9.97. The van der Waals surface area contributed by atoms with Crippen molar-refractivity contribution in [2.24, 2.45) is 0 Å². The Kier molecular flexibility index (Phi) is 3.46. The van der Waals surface area contributed by atoms with Crippen molar-refractivity contribution in [2.45, 2.75) is 0 Å². The Hall–Kier alpha value is -2.95. The monoisotopic (exact) mass is 344 g/mol. The smallest absolute Gasteiger partial charge is 0.200 e. The van der Waals surface area contributed by atoms with Crippen LogP contribution < -0.4 is 0 Å². The van der Waals surface area contributed by atoms with Crippen LogP contribution in [0.15, 0.2) is 54.6 Å². The van der Waals surface area contributed by atoms with E-state index >= 15 is 0 Å². The van der Waals surface area contributed by atoms with E-state index in [1.807, 2.05) is 30.3 Å². The quantitative estimate of drug-likeness (QED) is 0.163. The van der Waals surface area contributed by atoms with Crippen LogP contribution in [0.2, 0.25) is 0 Å². The first-order valence-corrected chi connectivity index (χ1v) is 7.41. The van der Waals surface area contributed by atoms with Crippen molar-refractivity contribution in [1.82, 2.24) is 0 Å². The summed E-state index contributed by atoms with van der Waals surface area (Å²) in [6.45, 7) is 0. The summed E-state index contributed by atoms with van der Waals surface area (Å²) in [5.74, 6) is -9.74. The number of hydrogen-bond donors (Lipinski definition) is 0. The fourth-order valence-electron chi connectivity index (χ4n) is 2.95. The Bertz CT molecular complexity index is 1120. The molecular formula is C20H9F5. The van der Waals surface area contributed by atoms with Crippen LogP contribution in [0.25, 0.3) is 32.7 Å². The first-order chi connectivity index (χ1) is 12.0. The van der Waals surface area contributed by atoms with Gasteiger partial charge in [0.2, 0.25) is 5.82 Å². The summed E-state index contributed by atoms with van der Waals surface area (Å²) in [5, 5.41) is 3.33. The molecule has 0 saturated carbocycles. The van der Waals surface area contributed by atoms with Gasteiger partial charge in [0, 0.05) is 0 Å². The maximum atomic E-state index is 14.0. The second kappa shape index (κ2) is 5.55. The first-order valence-electron chi connectivity index (χ1n) is 7.41. The predicted octanol–water partition coefficient (Wildman–Crippen LogP) is 6.36. The van der Waals surface area contributed by atoms with Crippen LogP contribution in [-0.4, -0.2) is 0 Å². The van der Waals surface area contributed by atoms with Crippen LogP contribution in [0.5, 0.6) is 0 Å². The molecule has 0 amide bonds. The summed E-state index contributed by atoms with van der Waals surface area (Å²) in [6.07, 6.45) is 0. The van der Waals surface area contributed by atoms with Crippen LogP contribution in [0, 0.1) is 29.1 Å². The molecule has 0 heterocycles. The number of rotatable bonds is 1. The summed E-state index contributed by atoms with van der Waals surface area (Å²) in [4.78, 5) is 0. The van der Waals surface area contributed by atoms with Gasteiger partial charge in [-0.1, -0.05) is 36.4 Å². The molecule has 0 aliphatic heterocycles. The SMILES string of the molecule is Fc1c(F)c(F)c(-c2ccc3cc4ccccc4cc3c2)c(F)c1F. The molecule has 0 fully saturated rings. The molecule has 0 saturated heterocycles. The van der Waals surface area contributed by atoms with E-state index in [1.54, 1.807) is 12.1 Å². The molecule has 25 heavy (non-hydrogen) atoms. The van der Waals surface area contributed by atoms with E-state index in [9.17, 15) is 22.0 Å². The summed E-state index contributed by atoms with van der Waals surface area (Å²) in [5.41, 5.74) is -0.998. The van der Waals surface area contributed by atoms with Crippen LogP contribution in [-0.2, 0) is 0 Å². The normalized spacial score (nSPS) is 11.4. The Balaban J connectivity index is 2.01. The third kappa shape index (κ3) is 2.35. The van der Waals surface area contributed by atoms with Gasteiger partial charge in [-0.05, 0) is 45.3 Å². The lowest BCUT2D eigenvalue weighted by Crippen LogP contribution is -2.03. The largest absolute Gasteiger partial charge is 0.203 e. The molecule has 0 spiro atoms. The highest BCUT2D eigenvalue weighted by molar-refractivity contribution is 5.99. The molecule has 0 N–H and O–H groups in total. The standard InChI is InChI=1S/C20H9F5/c21-16-15(17(22)19(24)20(25)18(16)23)13-6-5-12-7-10-3-1-2-4-11(10)8-14(12)9-13/h1-9H. The van der Waals surface area contributed by atoms with E-state index in [2.05, 4.69) is 0 Å². The average molecular weight is 344 g/mol. The van der Waals surface area contributed by atoms with Gasteiger partial charge in [-0.25, -0.2) is 22.0 Å². The summed E-state index contributed by atoms with van der Waals surface area (Å²) >= 11 is 0. The molecular weight excluding hydrogens is 335 g/mol. The topological polar surface area (TPSA) is 0 Å². The van der Waals surface area contributed by atoms with E-state index in [4.69, 9.17) is 0 Å². The highest BCUT2D eigenvalue weighted by Gasteiger charge is 2.26. The Morgan fingerprint density at radius 3 is 1.52 bits per heavy atom. The van der Waals surface area contributed by atoms with Crippen molar-refractivity contribution in [3.05, 3.63) is 83.7 Å². The van der Waals surface area contributed by atoms with Crippen LogP contribution in [0.4, 0.5) is 22.0 Å². The molecule has 0 unspecified atom stereocenters. The fraction of sp³-hybridized carbons (Fsp3) is 0. The van der Waals surface area contributed by atoms with Gasteiger partial charge in [0.1, 0.15) is 0 Å². The van der Waals surface area contributed by atoms with Crippen molar-refractivity contribution >= 4 is 21.5 Å². The van der Waals surface area contributed by atoms with Gasteiger partial charge >= 0.3 is 0 Å². The van der Waals surface area contributed by atoms with Gasteiger partial charge < -0.3 is 0 Å². The third-order valence-electron chi connectivity index (χ3n) is 4.20. The van der Waals surface area contributed by atoms with Crippen molar-refractivity contribution < 1.29 is 22.0 Å². The zero-order valence-electron chi connectivity index (χ0n) is 12.6. The van der Waals surface area contributed by atoms with E-state index < -0.39 is 34.6 Å². The molecule has 0 aliphatic carbocycles. The zero-order chi connectivity index (χ0) is 17.7. The van der Waals surface area contributed by atoms with Gasteiger partial charge in [0.05, 0.1) is 5.56 Å². The minimum absolute atomic E-state index is 0.0735. The molecule has 4 aromatic carbocycles. The van der Waals surface area contributed by atoms with Crippen molar-refractivity contribution in [1.29, 1.82) is 0 Å². The Labute approximate surface area is 139 Å². The molecule has 124 valence electrons. The van der Waals surface area contributed by atoms with E-state index in [0.717, 1.165) is 16.2 Å². The highest BCUT2D eigenvalue weighted by atomic mass is 19.2. The molecule has 0 aliphatic rings. The first kappa shape index (κ1) is 15.6. The number of benzene rings is 4. The maximum absolute atomic E-state index is 14.0. The van der Waals surface area contributed by atoms with Gasteiger partial charge in [0.25, 0.3) is 0 Å². The number of fused-ring (bicyclic) bond motifs is 2. The Morgan fingerprint density at radius 1 is 0.440 bits per heavy atom. The lowest BCUT2D eigenvalue weighted by molar-refractivity contribution is 0.381. The minimum atomic E-state index is -2.16. The summed E-state index contributed by atoms with van der Waals surface area (Å²) in [6, 6.07) is 15.6. The van der Waals surface area contributed by atoms with Gasteiger partial charge in [-0.2, -0.15) is 0 Å². The van der Waals surface area contributed by atoms with Crippen LogP contribution >= 0.6 is 0 Å². The van der Waals surface area contributed by atoms with Gasteiger partial charge in [0.15, 0.2) is 23.3 Å². The number of halogens is 5. The third-order valence-corrected chi connectivity index (χ3v) is 4.20. The predicted molar refractivity (Wildman–Crippen MR) is 86.7 cm³/mol. The fourth-order valence-corrected chi connectivity index (χ4v) is 2.95. The second-order valence-corrected chi connectivity index (χ2v) is 5.71. The number of hydrogen-bond acceptors (Lipinski definition) is 0. The van der Waals surface area contributed by atoms with E-state index in [0.29, 0.717) is 5.39 Å². The summed E-state index contributed by atoms with van der Waals surface area (Å²) < 4.78 is 68.2. The second-order valence-electron chi connectivity index (χ2n) is 5.71. The van der Waals surface area contributed by atoms with Crippen molar-refractivity contribution in [2.75, 3.05) is 0 Å². The average Bonchev–Trinajstić information content (AvgIpc) is 2.63. The molecule has 0 bridgehead atoms. The van der Waals surface area contributed by atoms with Gasteiger partial charge in [-0.15, -0.1) is 0 Å². The summed E-state index contributed by atoms with van der Waals surface area (Å²) in [7, 11) is 0. The molecule has 5 heteroatoms.